The standard InChI is InChI=1S/C23H21F3N4O5S/c24-23(25,26)35-18-7-6-16(12-17(18)29-19(31)14-30-8-10-33-11-9-30)28-22(32)34-20-13-27-21(36-20)15-4-2-1-3-5-15/h1-7,12-13H,8-11,14H2,(H,28,32)(H,29,31). The highest BCUT2D eigenvalue weighted by Crippen LogP contribution is 2.33. The summed E-state index contributed by atoms with van der Waals surface area (Å²) in [6.07, 6.45) is -4.46. The number of hydrogen-bond acceptors (Lipinski definition) is 8. The van der Waals surface area contributed by atoms with Gasteiger partial charge in [-0.05, 0) is 18.2 Å². The number of ether oxygens (including phenoxy) is 3. The maximum atomic E-state index is 12.9. The molecule has 2 aromatic carbocycles. The summed E-state index contributed by atoms with van der Waals surface area (Å²) in [5, 5.41) is 5.72. The Kier molecular flexibility index (Phi) is 8.03. The smallest absolute Gasteiger partial charge is 0.404 e. The Morgan fingerprint density at radius 2 is 1.83 bits per heavy atom. The second-order valence-electron chi connectivity index (χ2n) is 7.56. The van der Waals surface area contributed by atoms with Crippen LogP contribution in [0, 0.1) is 0 Å². The van der Waals surface area contributed by atoms with Gasteiger partial charge in [0.2, 0.25) is 11.0 Å². The van der Waals surface area contributed by atoms with E-state index in [0.29, 0.717) is 31.3 Å². The van der Waals surface area contributed by atoms with Crippen molar-refractivity contribution in [3.05, 3.63) is 54.7 Å². The number of amides is 2. The molecule has 2 heterocycles. The topological polar surface area (TPSA) is 102 Å². The van der Waals surface area contributed by atoms with Crippen LogP contribution in [-0.4, -0.2) is 61.1 Å². The number of hydrogen-bond donors (Lipinski definition) is 2. The monoisotopic (exact) mass is 522 g/mol. The number of morpholine rings is 1. The number of halogens is 3. The number of carbonyl (C=O) groups is 2. The fraction of sp³-hybridized carbons (Fsp3) is 0.261. The lowest BCUT2D eigenvalue weighted by atomic mass is 10.2. The largest absolute Gasteiger partial charge is 0.573 e. The fourth-order valence-corrected chi connectivity index (χ4v) is 4.10. The SMILES string of the molecule is O=C(CN1CCOCC1)Nc1cc(NC(=O)Oc2cnc(-c3ccccc3)s2)ccc1OC(F)(F)F. The van der Waals surface area contributed by atoms with Crippen LogP contribution in [0.5, 0.6) is 10.8 Å². The van der Waals surface area contributed by atoms with Gasteiger partial charge in [0.05, 0.1) is 31.6 Å². The number of benzene rings is 2. The summed E-state index contributed by atoms with van der Waals surface area (Å²) in [7, 11) is 0. The quantitative estimate of drug-likeness (QED) is 0.468. The summed E-state index contributed by atoms with van der Waals surface area (Å²) < 4.78 is 53.1. The van der Waals surface area contributed by atoms with Crippen molar-refractivity contribution in [3.8, 4) is 21.4 Å². The van der Waals surface area contributed by atoms with E-state index in [1.54, 1.807) is 4.90 Å². The van der Waals surface area contributed by atoms with E-state index in [0.717, 1.165) is 29.0 Å². The molecule has 1 aromatic heterocycles. The van der Waals surface area contributed by atoms with Crippen molar-refractivity contribution in [2.24, 2.45) is 0 Å². The van der Waals surface area contributed by atoms with E-state index in [4.69, 9.17) is 9.47 Å². The Labute approximate surface area is 207 Å². The Hall–Kier alpha value is -3.68. The molecule has 2 amide bonds. The first kappa shape index (κ1) is 25.4. The molecule has 2 N–H and O–H groups in total. The van der Waals surface area contributed by atoms with Crippen molar-refractivity contribution in [2.75, 3.05) is 43.5 Å². The van der Waals surface area contributed by atoms with E-state index in [9.17, 15) is 22.8 Å². The molecule has 0 radical (unpaired) electrons. The first-order valence-electron chi connectivity index (χ1n) is 10.7. The summed E-state index contributed by atoms with van der Waals surface area (Å²) in [5.74, 6) is -1.16. The third-order valence-corrected chi connectivity index (χ3v) is 5.82. The van der Waals surface area contributed by atoms with Crippen molar-refractivity contribution >= 4 is 34.7 Å². The molecule has 0 atom stereocenters. The van der Waals surface area contributed by atoms with Crippen LogP contribution in [0.4, 0.5) is 29.3 Å². The Balaban J connectivity index is 1.43. The van der Waals surface area contributed by atoms with E-state index in [-0.39, 0.29) is 23.0 Å². The Morgan fingerprint density at radius 3 is 2.56 bits per heavy atom. The number of aromatic nitrogens is 1. The molecule has 3 aromatic rings. The molecule has 0 bridgehead atoms. The van der Waals surface area contributed by atoms with Gasteiger partial charge in [0, 0.05) is 24.3 Å². The minimum absolute atomic E-state index is 0.0381. The Bertz CT molecular complexity index is 1200. The van der Waals surface area contributed by atoms with Gasteiger partial charge in [-0.3, -0.25) is 15.0 Å². The number of rotatable bonds is 7. The number of thiazole rings is 1. The van der Waals surface area contributed by atoms with Gasteiger partial charge in [-0.25, -0.2) is 9.78 Å². The number of carbonyl (C=O) groups excluding carboxylic acids is 2. The number of anilines is 2. The third-order valence-electron chi connectivity index (χ3n) is 4.90. The minimum atomic E-state index is -4.97. The van der Waals surface area contributed by atoms with E-state index in [2.05, 4.69) is 20.4 Å². The van der Waals surface area contributed by atoms with Gasteiger partial charge in [0.25, 0.3) is 0 Å². The van der Waals surface area contributed by atoms with Crippen LogP contribution >= 0.6 is 11.3 Å². The summed E-state index contributed by atoms with van der Waals surface area (Å²) >= 11 is 1.15. The van der Waals surface area contributed by atoms with Crippen molar-refractivity contribution in [1.82, 2.24) is 9.88 Å². The molecule has 1 fully saturated rings. The summed E-state index contributed by atoms with van der Waals surface area (Å²) in [6.45, 7) is 1.93. The van der Waals surface area contributed by atoms with Gasteiger partial charge in [-0.15, -0.1) is 13.2 Å². The zero-order valence-electron chi connectivity index (χ0n) is 18.7. The van der Waals surface area contributed by atoms with Gasteiger partial charge < -0.3 is 19.5 Å². The summed E-state index contributed by atoms with van der Waals surface area (Å²) in [4.78, 5) is 30.8. The van der Waals surface area contributed by atoms with Crippen molar-refractivity contribution < 1.29 is 37.0 Å². The van der Waals surface area contributed by atoms with E-state index < -0.39 is 24.1 Å². The maximum Gasteiger partial charge on any atom is 0.573 e. The van der Waals surface area contributed by atoms with Crippen LogP contribution in [0.15, 0.2) is 54.7 Å². The predicted molar refractivity (Wildman–Crippen MR) is 126 cm³/mol. The lowest BCUT2D eigenvalue weighted by molar-refractivity contribution is -0.274. The summed E-state index contributed by atoms with van der Waals surface area (Å²) in [6, 6.07) is 12.6. The summed E-state index contributed by atoms with van der Waals surface area (Å²) in [5.41, 5.74) is 0.687. The highest BCUT2D eigenvalue weighted by molar-refractivity contribution is 7.16. The molecule has 9 nitrogen and oxygen atoms in total. The lowest BCUT2D eigenvalue weighted by Gasteiger charge is -2.26. The molecular weight excluding hydrogens is 501 g/mol. The molecule has 190 valence electrons. The van der Waals surface area contributed by atoms with Crippen molar-refractivity contribution in [2.45, 2.75) is 6.36 Å². The van der Waals surface area contributed by atoms with Crippen LogP contribution < -0.4 is 20.1 Å². The zero-order valence-corrected chi connectivity index (χ0v) is 19.5. The molecule has 4 rings (SSSR count). The molecule has 1 aliphatic rings. The predicted octanol–water partition coefficient (Wildman–Crippen LogP) is 4.59. The molecule has 0 aliphatic carbocycles. The molecule has 1 saturated heterocycles. The van der Waals surface area contributed by atoms with Crippen molar-refractivity contribution in [1.29, 1.82) is 0 Å². The molecule has 0 unspecified atom stereocenters. The van der Waals surface area contributed by atoms with Crippen LogP contribution in [-0.2, 0) is 9.53 Å². The minimum Gasteiger partial charge on any atom is -0.404 e. The number of nitrogens with zero attached hydrogens (tertiary/aromatic N) is 2. The highest BCUT2D eigenvalue weighted by Gasteiger charge is 2.32. The van der Waals surface area contributed by atoms with Crippen LogP contribution in [0.1, 0.15) is 0 Å². The maximum absolute atomic E-state index is 12.9. The molecule has 0 saturated carbocycles. The van der Waals surface area contributed by atoms with E-state index in [1.165, 1.54) is 12.3 Å². The third kappa shape index (κ3) is 7.41. The molecule has 0 spiro atoms. The number of nitrogens with one attached hydrogen (secondary N) is 2. The number of alkyl halides is 3. The molecule has 13 heteroatoms. The molecule has 1 aliphatic heterocycles. The molecular formula is C23H21F3N4O5S. The van der Waals surface area contributed by atoms with Crippen LogP contribution in [0.3, 0.4) is 0 Å². The van der Waals surface area contributed by atoms with Crippen LogP contribution in [0.2, 0.25) is 0 Å². The van der Waals surface area contributed by atoms with Gasteiger partial charge in [0.1, 0.15) is 5.01 Å². The first-order chi connectivity index (χ1) is 17.2. The normalized spacial score (nSPS) is 14.2. The first-order valence-corrected chi connectivity index (χ1v) is 11.6. The van der Waals surface area contributed by atoms with Gasteiger partial charge in [0.15, 0.2) is 5.75 Å². The van der Waals surface area contributed by atoms with E-state index in [1.807, 2.05) is 30.3 Å². The van der Waals surface area contributed by atoms with Crippen molar-refractivity contribution in [3.63, 3.8) is 0 Å². The highest BCUT2D eigenvalue weighted by atomic mass is 32.1. The average molecular weight is 523 g/mol. The van der Waals surface area contributed by atoms with Gasteiger partial charge >= 0.3 is 12.5 Å². The van der Waals surface area contributed by atoms with Crippen LogP contribution in [0.25, 0.3) is 10.6 Å². The zero-order chi connectivity index (χ0) is 25.5. The lowest BCUT2D eigenvalue weighted by Crippen LogP contribution is -2.41. The Morgan fingerprint density at radius 1 is 1.08 bits per heavy atom. The van der Waals surface area contributed by atoms with E-state index >= 15 is 0 Å². The molecule has 36 heavy (non-hydrogen) atoms. The van der Waals surface area contributed by atoms with Gasteiger partial charge in [-0.1, -0.05) is 41.7 Å². The van der Waals surface area contributed by atoms with Gasteiger partial charge in [-0.2, -0.15) is 0 Å². The second kappa shape index (κ2) is 11.4. The average Bonchev–Trinajstić information content (AvgIpc) is 3.29. The second-order valence-corrected chi connectivity index (χ2v) is 8.55. The fourth-order valence-electron chi connectivity index (χ4n) is 3.33.